The predicted molar refractivity (Wildman–Crippen MR) is 73.5 cm³/mol. The summed E-state index contributed by atoms with van der Waals surface area (Å²) in [5, 5.41) is 8.77. The highest BCUT2D eigenvalue weighted by molar-refractivity contribution is 6.30. The summed E-state index contributed by atoms with van der Waals surface area (Å²) in [4.78, 5) is 10.6. The fourth-order valence-corrected chi connectivity index (χ4v) is 1.93. The van der Waals surface area contributed by atoms with Gasteiger partial charge in [0.2, 0.25) is 0 Å². The van der Waals surface area contributed by atoms with Gasteiger partial charge in [-0.15, -0.1) is 0 Å². The molecule has 104 valence electrons. The number of carboxylic acids is 1. The van der Waals surface area contributed by atoms with Crippen LogP contribution in [0.15, 0.2) is 42.5 Å². The van der Waals surface area contributed by atoms with Gasteiger partial charge in [0.15, 0.2) is 0 Å². The molecule has 3 nitrogen and oxygen atoms in total. The van der Waals surface area contributed by atoms with Gasteiger partial charge in [0.05, 0.1) is 11.4 Å². The molecule has 0 saturated carbocycles. The van der Waals surface area contributed by atoms with E-state index < -0.39 is 11.8 Å². The molecule has 0 saturated heterocycles. The van der Waals surface area contributed by atoms with E-state index in [-0.39, 0.29) is 18.1 Å². The monoisotopic (exact) mass is 294 g/mol. The first-order chi connectivity index (χ1) is 9.56. The lowest BCUT2D eigenvalue weighted by Crippen LogP contribution is -2.02. The molecular formula is C15H12ClFO3. The van der Waals surface area contributed by atoms with Crippen molar-refractivity contribution in [2.45, 2.75) is 13.0 Å². The van der Waals surface area contributed by atoms with E-state index >= 15 is 0 Å². The van der Waals surface area contributed by atoms with Crippen molar-refractivity contribution >= 4 is 17.6 Å². The van der Waals surface area contributed by atoms with Crippen molar-refractivity contribution in [3.8, 4) is 5.75 Å². The van der Waals surface area contributed by atoms with Crippen LogP contribution in [-0.4, -0.2) is 11.1 Å². The van der Waals surface area contributed by atoms with E-state index in [2.05, 4.69) is 0 Å². The molecule has 0 unspecified atom stereocenters. The van der Waals surface area contributed by atoms with Crippen LogP contribution in [0.25, 0.3) is 0 Å². The Kier molecular flexibility index (Phi) is 4.58. The van der Waals surface area contributed by atoms with Gasteiger partial charge < -0.3 is 9.84 Å². The molecule has 0 spiro atoms. The molecule has 20 heavy (non-hydrogen) atoms. The van der Waals surface area contributed by atoms with E-state index in [1.54, 1.807) is 36.4 Å². The molecule has 1 N–H and O–H groups in total. The van der Waals surface area contributed by atoms with Crippen LogP contribution in [-0.2, 0) is 17.8 Å². The highest BCUT2D eigenvalue weighted by Gasteiger charge is 2.07. The second kappa shape index (κ2) is 6.39. The van der Waals surface area contributed by atoms with Gasteiger partial charge in [0.25, 0.3) is 0 Å². The molecule has 0 atom stereocenters. The molecule has 0 aliphatic rings. The third-order valence-electron chi connectivity index (χ3n) is 2.68. The first kappa shape index (κ1) is 14.3. The summed E-state index contributed by atoms with van der Waals surface area (Å²) in [5.74, 6) is -0.929. The molecule has 0 heterocycles. The average Bonchev–Trinajstić information content (AvgIpc) is 2.40. The summed E-state index contributed by atoms with van der Waals surface area (Å²) in [6, 6.07) is 11.4. The lowest BCUT2D eigenvalue weighted by molar-refractivity contribution is -0.136. The number of ether oxygens (including phenoxy) is 1. The molecule has 2 rings (SSSR count). The smallest absolute Gasteiger partial charge is 0.307 e. The lowest BCUT2D eigenvalue weighted by Gasteiger charge is -2.09. The van der Waals surface area contributed by atoms with Gasteiger partial charge in [-0.2, -0.15) is 0 Å². The maximum Gasteiger partial charge on any atom is 0.307 e. The number of halogens is 2. The van der Waals surface area contributed by atoms with Crippen molar-refractivity contribution in [1.29, 1.82) is 0 Å². The zero-order chi connectivity index (χ0) is 14.5. The molecular weight excluding hydrogens is 283 g/mol. The van der Waals surface area contributed by atoms with Crippen molar-refractivity contribution in [3.63, 3.8) is 0 Å². The maximum absolute atomic E-state index is 13.7. The maximum atomic E-state index is 13.7. The van der Waals surface area contributed by atoms with E-state index in [0.717, 1.165) is 0 Å². The summed E-state index contributed by atoms with van der Waals surface area (Å²) in [7, 11) is 0. The molecule has 0 aliphatic carbocycles. The number of carbonyl (C=O) groups is 1. The summed E-state index contributed by atoms with van der Waals surface area (Å²) in [5.41, 5.74) is 0.975. The Morgan fingerprint density at radius 1 is 1.25 bits per heavy atom. The number of aliphatic carboxylic acids is 1. The Morgan fingerprint density at radius 2 is 2.00 bits per heavy atom. The molecule has 0 aromatic heterocycles. The number of rotatable bonds is 5. The predicted octanol–water partition coefficient (Wildman–Crippen LogP) is 3.69. The highest BCUT2D eigenvalue weighted by Crippen LogP contribution is 2.20. The third-order valence-corrected chi connectivity index (χ3v) is 2.97. The van der Waals surface area contributed by atoms with Crippen LogP contribution >= 0.6 is 11.6 Å². The Morgan fingerprint density at radius 3 is 2.75 bits per heavy atom. The normalized spacial score (nSPS) is 10.3. The van der Waals surface area contributed by atoms with Gasteiger partial charge >= 0.3 is 5.97 Å². The van der Waals surface area contributed by atoms with Gasteiger partial charge in [-0.1, -0.05) is 35.9 Å². The molecule has 0 amide bonds. The zero-order valence-electron chi connectivity index (χ0n) is 10.5. The molecule has 0 fully saturated rings. The van der Waals surface area contributed by atoms with Crippen molar-refractivity contribution in [3.05, 3.63) is 64.4 Å². The van der Waals surface area contributed by atoms with Crippen LogP contribution in [0.5, 0.6) is 5.75 Å². The minimum Gasteiger partial charge on any atom is -0.489 e. The minimum atomic E-state index is -0.914. The van der Waals surface area contributed by atoms with E-state index in [9.17, 15) is 9.18 Å². The molecule has 0 radical (unpaired) electrons. The van der Waals surface area contributed by atoms with Crippen LogP contribution in [0.2, 0.25) is 5.02 Å². The van der Waals surface area contributed by atoms with Crippen molar-refractivity contribution in [2.75, 3.05) is 0 Å². The number of benzene rings is 2. The van der Waals surface area contributed by atoms with Gasteiger partial charge in [0.1, 0.15) is 18.2 Å². The fraction of sp³-hybridized carbons (Fsp3) is 0.133. The van der Waals surface area contributed by atoms with Gasteiger partial charge in [-0.05, 0) is 23.8 Å². The first-order valence-corrected chi connectivity index (χ1v) is 6.30. The van der Waals surface area contributed by atoms with Crippen LogP contribution in [0.3, 0.4) is 0 Å². The minimum absolute atomic E-state index is 0.0307. The van der Waals surface area contributed by atoms with Gasteiger partial charge in [-0.3, -0.25) is 4.79 Å². The standard InChI is InChI=1S/C15H12ClFO3/c16-13-6-2-4-11(15(13)17)9-20-12-5-1-3-10(7-12)8-14(18)19/h1-7H,8-9H2,(H,18,19). The van der Waals surface area contributed by atoms with Crippen LogP contribution in [0.4, 0.5) is 4.39 Å². The summed E-state index contributed by atoms with van der Waals surface area (Å²) >= 11 is 5.68. The van der Waals surface area contributed by atoms with E-state index in [1.807, 2.05) is 0 Å². The Labute approximate surface area is 120 Å². The third kappa shape index (κ3) is 3.71. The van der Waals surface area contributed by atoms with Crippen molar-refractivity contribution in [2.24, 2.45) is 0 Å². The van der Waals surface area contributed by atoms with Crippen LogP contribution in [0, 0.1) is 5.82 Å². The summed E-state index contributed by atoms with van der Waals surface area (Å²) < 4.78 is 19.1. The van der Waals surface area contributed by atoms with Gasteiger partial charge in [-0.25, -0.2) is 4.39 Å². The van der Waals surface area contributed by atoms with Crippen molar-refractivity contribution in [1.82, 2.24) is 0 Å². The summed E-state index contributed by atoms with van der Waals surface area (Å²) in [6.07, 6.45) is -0.0806. The number of carboxylic acid groups (broad SMARTS) is 1. The van der Waals surface area contributed by atoms with Gasteiger partial charge in [0, 0.05) is 5.56 Å². The summed E-state index contributed by atoms with van der Waals surface area (Å²) in [6.45, 7) is 0.0307. The molecule has 0 bridgehead atoms. The Balaban J connectivity index is 2.07. The molecule has 2 aromatic carbocycles. The average molecular weight is 295 g/mol. The zero-order valence-corrected chi connectivity index (χ0v) is 11.2. The number of hydrogen-bond acceptors (Lipinski definition) is 2. The molecule has 0 aliphatic heterocycles. The number of hydrogen-bond donors (Lipinski definition) is 1. The topological polar surface area (TPSA) is 46.5 Å². The van der Waals surface area contributed by atoms with E-state index in [1.165, 1.54) is 6.07 Å². The fourth-order valence-electron chi connectivity index (χ4n) is 1.74. The van der Waals surface area contributed by atoms with E-state index in [0.29, 0.717) is 16.9 Å². The Hall–Kier alpha value is -2.07. The first-order valence-electron chi connectivity index (χ1n) is 5.92. The second-order valence-corrected chi connectivity index (χ2v) is 4.63. The highest BCUT2D eigenvalue weighted by atomic mass is 35.5. The SMILES string of the molecule is O=C(O)Cc1cccc(OCc2cccc(Cl)c2F)c1. The largest absolute Gasteiger partial charge is 0.489 e. The Bertz CT molecular complexity index is 628. The molecule has 2 aromatic rings. The molecule has 5 heteroatoms. The van der Waals surface area contributed by atoms with Crippen LogP contribution < -0.4 is 4.74 Å². The van der Waals surface area contributed by atoms with Crippen molar-refractivity contribution < 1.29 is 19.0 Å². The van der Waals surface area contributed by atoms with Crippen LogP contribution in [0.1, 0.15) is 11.1 Å². The lowest BCUT2D eigenvalue weighted by atomic mass is 10.1. The second-order valence-electron chi connectivity index (χ2n) is 4.22. The van der Waals surface area contributed by atoms with E-state index in [4.69, 9.17) is 21.4 Å². The quantitative estimate of drug-likeness (QED) is 0.915.